The zero-order chi connectivity index (χ0) is 33.2. The highest BCUT2D eigenvalue weighted by atomic mass is 35.5. The van der Waals surface area contributed by atoms with Crippen LogP contribution in [0, 0.1) is 0 Å². The van der Waals surface area contributed by atoms with E-state index in [-0.39, 0.29) is 36.9 Å². The Kier molecular flexibility index (Phi) is 11.7. The molecule has 46 heavy (non-hydrogen) atoms. The number of hydrogen-bond acceptors (Lipinski definition) is 9. The maximum absolute atomic E-state index is 12.6. The van der Waals surface area contributed by atoms with Gasteiger partial charge in [0.25, 0.3) is 5.91 Å². The van der Waals surface area contributed by atoms with E-state index in [1.54, 1.807) is 68.4 Å². The lowest BCUT2D eigenvalue weighted by molar-refractivity contribution is -0.139. The minimum atomic E-state index is -0.783. The standard InChI is InChI=1S/C32H32Cl2N4O8/c1-5-44-31(40)29-18(2)36-32(41)37-30(29)20-8-11-25(27(13-20)43-4)46-17-28(39)38-35-15-19-6-10-24(26(12-19)42-3)45-16-21-7-9-22(33)14-23(21)34/h6-15,30H,5,16-17H2,1-4H3,(H,38,39)(H2,36,37,41)/b35-15-/t30-/m1/s1. The quantitative estimate of drug-likeness (QED) is 0.126. The van der Waals surface area contributed by atoms with Gasteiger partial charge >= 0.3 is 12.0 Å². The van der Waals surface area contributed by atoms with E-state index in [4.69, 9.17) is 46.9 Å². The Morgan fingerprint density at radius 1 is 0.957 bits per heavy atom. The number of benzene rings is 3. The fourth-order valence-corrected chi connectivity index (χ4v) is 4.90. The first-order valence-electron chi connectivity index (χ1n) is 14.0. The lowest BCUT2D eigenvalue weighted by Gasteiger charge is -2.28. The Bertz CT molecular complexity index is 1680. The summed E-state index contributed by atoms with van der Waals surface area (Å²) in [6.07, 6.45) is 1.44. The van der Waals surface area contributed by atoms with Gasteiger partial charge in [0.15, 0.2) is 29.6 Å². The molecule has 3 aromatic rings. The van der Waals surface area contributed by atoms with Gasteiger partial charge in [-0.3, -0.25) is 4.79 Å². The SMILES string of the molecule is CCOC(=O)C1=C(C)NC(=O)N[C@@H]1c1ccc(OCC(=O)N/N=C\c2ccc(OCc3ccc(Cl)cc3Cl)c(OC)c2)c(OC)c1. The third-order valence-corrected chi connectivity index (χ3v) is 7.22. The van der Waals surface area contributed by atoms with Crippen molar-refractivity contribution in [1.29, 1.82) is 0 Å². The number of rotatable bonds is 13. The van der Waals surface area contributed by atoms with Crippen molar-refractivity contribution in [3.8, 4) is 23.0 Å². The van der Waals surface area contributed by atoms with Gasteiger partial charge in [0.2, 0.25) is 0 Å². The Morgan fingerprint density at radius 2 is 1.67 bits per heavy atom. The fourth-order valence-electron chi connectivity index (χ4n) is 4.44. The number of allylic oxidation sites excluding steroid dienone is 1. The molecule has 0 aromatic heterocycles. The molecule has 14 heteroatoms. The molecule has 0 fully saturated rings. The number of carbonyl (C=O) groups is 3. The average molecular weight is 672 g/mol. The van der Waals surface area contributed by atoms with Gasteiger partial charge in [-0.15, -0.1) is 0 Å². The molecule has 3 amide bonds. The number of nitrogens with one attached hydrogen (secondary N) is 3. The zero-order valence-electron chi connectivity index (χ0n) is 25.4. The molecule has 0 spiro atoms. The van der Waals surface area contributed by atoms with E-state index in [0.717, 1.165) is 5.56 Å². The summed E-state index contributed by atoms with van der Waals surface area (Å²) in [5, 5.41) is 10.3. The first-order valence-corrected chi connectivity index (χ1v) is 14.7. The normalized spacial score (nSPS) is 14.3. The highest BCUT2D eigenvalue weighted by Gasteiger charge is 2.32. The lowest BCUT2D eigenvalue weighted by Crippen LogP contribution is -2.45. The lowest BCUT2D eigenvalue weighted by atomic mass is 9.95. The van der Waals surface area contributed by atoms with Crippen LogP contribution in [0.1, 0.15) is 36.6 Å². The van der Waals surface area contributed by atoms with Gasteiger partial charge in [-0.1, -0.05) is 35.3 Å². The van der Waals surface area contributed by atoms with Crippen LogP contribution in [0.5, 0.6) is 23.0 Å². The van der Waals surface area contributed by atoms with Crippen molar-refractivity contribution in [2.75, 3.05) is 27.4 Å². The van der Waals surface area contributed by atoms with E-state index >= 15 is 0 Å². The first kappa shape index (κ1) is 33.9. The fraction of sp³-hybridized carbons (Fsp3) is 0.250. The molecule has 242 valence electrons. The number of hydrazone groups is 1. The molecule has 3 aromatic carbocycles. The summed E-state index contributed by atoms with van der Waals surface area (Å²) < 4.78 is 27.6. The van der Waals surface area contributed by atoms with Crippen molar-refractivity contribution >= 4 is 47.3 Å². The Balaban J connectivity index is 1.35. The van der Waals surface area contributed by atoms with Crippen molar-refractivity contribution < 1.29 is 38.1 Å². The van der Waals surface area contributed by atoms with Crippen molar-refractivity contribution in [1.82, 2.24) is 16.1 Å². The molecule has 0 unspecified atom stereocenters. The molecule has 0 saturated heterocycles. The molecule has 0 saturated carbocycles. The second kappa shape index (κ2) is 15.9. The summed E-state index contributed by atoms with van der Waals surface area (Å²) in [5.74, 6) is 0.427. The van der Waals surface area contributed by atoms with Crippen LogP contribution in [0.2, 0.25) is 10.0 Å². The molecule has 1 aliphatic rings. The minimum Gasteiger partial charge on any atom is -0.493 e. The van der Waals surface area contributed by atoms with Crippen LogP contribution in [-0.4, -0.2) is 51.6 Å². The average Bonchev–Trinajstić information content (AvgIpc) is 3.03. The molecule has 1 heterocycles. The number of halogens is 2. The maximum atomic E-state index is 12.6. The van der Waals surface area contributed by atoms with Crippen LogP contribution in [0.4, 0.5) is 4.79 Å². The summed E-state index contributed by atoms with van der Waals surface area (Å²) in [5.41, 5.74) is 5.01. The highest BCUT2D eigenvalue weighted by molar-refractivity contribution is 6.35. The number of esters is 1. The van der Waals surface area contributed by atoms with Gasteiger partial charge in [-0.25, -0.2) is 15.0 Å². The molecule has 0 bridgehead atoms. The molecular formula is C32H32Cl2N4O8. The van der Waals surface area contributed by atoms with Crippen LogP contribution in [0.3, 0.4) is 0 Å². The first-order chi connectivity index (χ1) is 22.1. The van der Waals surface area contributed by atoms with Gasteiger partial charge in [-0.05, 0) is 67.4 Å². The minimum absolute atomic E-state index is 0.176. The van der Waals surface area contributed by atoms with Gasteiger partial charge < -0.3 is 34.3 Å². The Labute approximate surface area is 275 Å². The maximum Gasteiger partial charge on any atom is 0.338 e. The van der Waals surface area contributed by atoms with Crippen molar-refractivity contribution in [3.63, 3.8) is 0 Å². The number of carbonyl (C=O) groups excluding carboxylic acids is 3. The number of methoxy groups -OCH3 is 2. The van der Waals surface area contributed by atoms with E-state index in [1.807, 2.05) is 0 Å². The van der Waals surface area contributed by atoms with Gasteiger partial charge in [-0.2, -0.15) is 5.10 Å². The van der Waals surface area contributed by atoms with Crippen LogP contribution < -0.4 is 35.0 Å². The summed E-state index contributed by atoms with van der Waals surface area (Å²) in [7, 11) is 2.94. The molecule has 3 N–H and O–H groups in total. The van der Waals surface area contributed by atoms with Crippen molar-refractivity contribution in [2.45, 2.75) is 26.5 Å². The molecular weight excluding hydrogens is 639 g/mol. The second-order valence-corrected chi connectivity index (χ2v) is 10.6. The molecule has 1 atom stereocenters. The van der Waals surface area contributed by atoms with E-state index in [0.29, 0.717) is 38.4 Å². The van der Waals surface area contributed by atoms with Crippen LogP contribution >= 0.6 is 23.2 Å². The van der Waals surface area contributed by atoms with E-state index in [2.05, 4.69) is 21.2 Å². The van der Waals surface area contributed by atoms with Gasteiger partial charge in [0.1, 0.15) is 6.61 Å². The predicted molar refractivity (Wildman–Crippen MR) is 172 cm³/mol. The topological polar surface area (TPSA) is 146 Å². The van der Waals surface area contributed by atoms with E-state index in [9.17, 15) is 14.4 Å². The number of urea groups is 1. The van der Waals surface area contributed by atoms with Crippen molar-refractivity contribution in [3.05, 3.63) is 92.6 Å². The predicted octanol–water partition coefficient (Wildman–Crippen LogP) is 5.31. The summed E-state index contributed by atoms with van der Waals surface area (Å²) in [4.78, 5) is 37.2. The zero-order valence-corrected chi connectivity index (χ0v) is 27.0. The number of nitrogens with zero attached hydrogens (tertiary/aromatic N) is 1. The van der Waals surface area contributed by atoms with Crippen molar-refractivity contribution in [2.24, 2.45) is 5.10 Å². The monoisotopic (exact) mass is 670 g/mol. The highest BCUT2D eigenvalue weighted by Crippen LogP contribution is 2.35. The summed E-state index contributed by atoms with van der Waals surface area (Å²) >= 11 is 12.2. The number of hydrogen-bond donors (Lipinski definition) is 3. The summed E-state index contributed by atoms with van der Waals surface area (Å²) in [6, 6.07) is 13.9. The van der Waals surface area contributed by atoms with Crippen LogP contribution in [0.15, 0.2) is 71.0 Å². The number of ether oxygens (including phenoxy) is 5. The van der Waals surface area contributed by atoms with Gasteiger partial charge in [0.05, 0.1) is 38.7 Å². The third-order valence-electron chi connectivity index (χ3n) is 6.63. The smallest absolute Gasteiger partial charge is 0.338 e. The Morgan fingerprint density at radius 3 is 2.39 bits per heavy atom. The van der Waals surface area contributed by atoms with E-state index in [1.165, 1.54) is 20.4 Å². The third kappa shape index (κ3) is 8.61. The molecule has 0 radical (unpaired) electrons. The molecule has 1 aliphatic heterocycles. The second-order valence-electron chi connectivity index (χ2n) is 9.72. The molecule has 0 aliphatic carbocycles. The molecule has 4 rings (SSSR count). The largest absolute Gasteiger partial charge is 0.493 e. The number of amides is 3. The molecule has 12 nitrogen and oxygen atoms in total. The van der Waals surface area contributed by atoms with E-state index < -0.39 is 23.9 Å². The Hall–Kier alpha value is -4.94. The van der Waals surface area contributed by atoms with Crippen LogP contribution in [0.25, 0.3) is 0 Å². The summed E-state index contributed by atoms with van der Waals surface area (Å²) in [6.45, 7) is 3.34. The van der Waals surface area contributed by atoms with Gasteiger partial charge in [0, 0.05) is 21.3 Å². The van der Waals surface area contributed by atoms with Crippen LogP contribution in [-0.2, 0) is 20.9 Å².